The number of carbonyl (C=O) groups excluding carboxylic acids is 1. The molecule has 1 rings (SSSR count). The van der Waals surface area contributed by atoms with Crippen molar-refractivity contribution >= 4 is 11.6 Å². The predicted octanol–water partition coefficient (Wildman–Crippen LogP) is 1.90. The zero-order valence-electron chi connectivity index (χ0n) is 13.0. The van der Waals surface area contributed by atoms with Crippen molar-refractivity contribution in [2.24, 2.45) is 5.92 Å². The molecule has 1 aromatic carbocycles. The normalized spacial score (nSPS) is 12.7. The number of likely N-dealkylation sites (N-methyl/N-ethyl adjacent to an activating group) is 1. The molecule has 1 aromatic rings. The summed E-state index contributed by atoms with van der Waals surface area (Å²) in [6.07, 6.45) is 1.48. The Morgan fingerprint density at radius 1 is 1.25 bits per heavy atom. The van der Waals surface area contributed by atoms with Gasteiger partial charge in [-0.05, 0) is 44.1 Å². The van der Waals surface area contributed by atoms with Crippen molar-refractivity contribution in [3.8, 4) is 0 Å². The first-order chi connectivity index (χ1) is 9.38. The number of anilines is 1. The topological polar surface area (TPSA) is 58.4 Å². The van der Waals surface area contributed by atoms with Gasteiger partial charge in [-0.2, -0.15) is 0 Å². The maximum atomic E-state index is 11.9. The van der Waals surface area contributed by atoms with Crippen molar-refractivity contribution in [3.05, 3.63) is 29.8 Å². The van der Waals surface area contributed by atoms with E-state index in [0.717, 1.165) is 17.7 Å². The van der Waals surface area contributed by atoms with E-state index < -0.39 is 0 Å². The summed E-state index contributed by atoms with van der Waals surface area (Å²) in [5.74, 6) is 0.682. The van der Waals surface area contributed by atoms with E-state index in [2.05, 4.69) is 38.2 Å². The number of carbonyl (C=O) groups is 1. The predicted molar refractivity (Wildman–Crippen MR) is 84.5 cm³/mol. The van der Waals surface area contributed by atoms with Crippen molar-refractivity contribution < 1.29 is 4.79 Å². The largest absolute Gasteiger partial charge is 0.399 e. The van der Waals surface area contributed by atoms with Crippen LogP contribution in [0.25, 0.3) is 0 Å². The zero-order valence-corrected chi connectivity index (χ0v) is 13.0. The van der Waals surface area contributed by atoms with E-state index in [1.165, 1.54) is 0 Å². The molecule has 3 N–H and O–H groups in total. The van der Waals surface area contributed by atoms with Gasteiger partial charge in [0.25, 0.3) is 0 Å². The smallest absolute Gasteiger partial charge is 0.224 e. The SMILES string of the molecule is CC(C)CC(CNC(=O)Cc1ccc(N)cc1)N(C)C. The fourth-order valence-corrected chi connectivity index (χ4v) is 2.14. The molecule has 0 radical (unpaired) electrons. The van der Waals surface area contributed by atoms with Crippen molar-refractivity contribution in [1.82, 2.24) is 10.2 Å². The molecule has 0 spiro atoms. The van der Waals surface area contributed by atoms with Gasteiger partial charge in [-0.15, -0.1) is 0 Å². The van der Waals surface area contributed by atoms with Crippen molar-refractivity contribution in [1.29, 1.82) is 0 Å². The van der Waals surface area contributed by atoms with Crippen molar-refractivity contribution in [2.75, 3.05) is 26.4 Å². The summed E-state index contributed by atoms with van der Waals surface area (Å²) in [7, 11) is 4.11. The van der Waals surface area contributed by atoms with E-state index in [0.29, 0.717) is 24.9 Å². The molecule has 0 bridgehead atoms. The molecule has 0 fully saturated rings. The summed E-state index contributed by atoms with van der Waals surface area (Å²) in [6.45, 7) is 5.10. The van der Waals surface area contributed by atoms with Crippen LogP contribution in [0.3, 0.4) is 0 Å². The van der Waals surface area contributed by atoms with Crippen LogP contribution in [0, 0.1) is 5.92 Å². The number of hydrogen-bond acceptors (Lipinski definition) is 3. The zero-order chi connectivity index (χ0) is 15.1. The maximum absolute atomic E-state index is 11.9. The first-order valence-corrected chi connectivity index (χ1v) is 7.16. The Kier molecular flexibility index (Phi) is 6.52. The lowest BCUT2D eigenvalue weighted by molar-refractivity contribution is -0.120. The van der Waals surface area contributed by atoms with Gasteiger partial charge < -0.3 is 16.0 Å². The Balaban J connectivity index is 2.43. The summed E-state index contributed by atoms with van der Waals surface area (Å²) in [4.78, 5) is 14.1. The number of amides is 1. The molecule has 112 valence electrons. The second-order valence-electron chi connectivity index (χ2n) is 5.97. The lowest BCUT2D eigenvalue weighted by Gasteiger charge is -2.26. The summed E-state index contributed by atoms with van der Waals surface area (Å²) in [5.41, 5.74) is 7.34. The van der Waals surface area contributed by atoms with Gasteiger partial charge in [0.1, 0.15) is 0 Å². The van der Waals surface area contributed by atoms with Gasteiger partial charge in [0.05, 0.1) is 6.42 Å². The van der Waals surface area contributed by atoms with Crippen LogP contribution in [0.1, 0.15) is 25.8 Å². The van der Waals surface area contributed by atoms with Gasteiger partial charge in [-0.3, -0.25) is 4.79 Å². The molecular formula is C16H27N3O. The highest BCUT2D eigenvalue weighted by Gasteiger charge is 2.14. The molecular weight excluding hydrogens is 250 g/mol. The number of benzene rings is 1. The standard InChI is InChI=1S/C16H27N3O/c1-12(2)9-15(19(3)4)11-18-16(20)10-13-5-7-14(17)8-6-13/h5-8,12,15H,9-11,17H2,1-4H3,(H,18,20). The average molecular weight is 277 g/mol. The number of nitrogens with two attached hydrogens (primary N) is 1. The van der Waals surface area contributed by atoms with Crippen LogP contribution in [0.5, 0.6) is 0 Å². The van der Waals surface area contributed by atoms with Gasteiger partial charge in [0, 0.05) is 18.3 Å². The minimum absolute atomic E-state index is 0.0605. The third-order valence-electron chi connectivity index (χ3n) is 3.35. The molecule has 0 saturated heterocycles. The van der Waals surface area contributed by atoms with E-state index in [4.69, 9.17) is 5.73 Å². The van der Waals surface area contributed by atoms with Gasteiger partial charge in [-0.1, -0.05) is 26.0 Å². The van der Waals surface area contributed by atoms with Crippen LogP contribution >= 0.6 is 0 Å². The highest BCUT2D eigenvalue weighted by Crippen LogP contribution is 2.09. The highest BCUT2D eigenvalue weighted by atomic mass is 16.1. The average Bonchev–Trinajstić information content (AvgIpc) is 2.36. The van der Waals surface area contributed by atoms with Crippen LogP contribution in [-0.4, -0.2) is 37.5 Å². The molecule has 0 aliphatic rings. The Morgan fingerprint density at radius 2 is 1.85 bits per heavy atom. The van der Waals surface area contributed by atoms with Crippen LogP contribution in [0.4, 0.5) is 5.69 Å². The van der Waals surface area contributed by atoms with Crippen LogP contribution in [-0.2, 0) is 11.2 Å². The van der Waals surface area contributed by atoms with E-state index in [9.17, 15) is 4.79 Å². The van der Waals surface area contributed by atoms with Crippen molar-refractivity contribution in [2.45, 2.75) is 32.7 Å². The van der Waals surface area contributed by atoms with E-state index in [1.54, 1.807) is 0 Å². The number of nitrogens with zero attached hydrogens (tertiary/aromatic N) is 1. The molecule has 4 nitrogen and oxygen atoms in total. The molecule has 1 atom stereocenters. The molecule has 1 amide bonds. The fourth-order valence-electron chi connectivity index (χ4n) is 2.14. The van der Waals surface area contributed by atoms with Gasteiger partial charge >= 0.3 is 0 Å². The number of nitrogen functional groups attached to an aromatic ring is 1. The third kappa shape index (κ3) is 6.06. The first-order valence-electron chi connectivity index (χ1n) is 7.16. The summed E-state index contributed by atoms with van der Waals surface area (Å²) < 4.78 is 0. The third-order valence-corrected chi connectivity index (χ3v) is 3.35. The molecule has 4 heteroatoms. The lowest BCUT2D eigenvalue weighted by atomic mass is 10.0. The molecule has 1 unspecified atom stereocenters. The van der Waals surface area contributed by atoms with E-state index in [1.807, 2.05) is 24.3 Å². The van der Waals surface area contributed by atoms with E-state index in [-0.39, 0.29) is 5.91 Å². The monoisotopic (exact) mass is 277 g/mol. The minimum Gasteiger partial charge on any atom is -0.399 e. The second kappa shape index (κ2) is 7.90. The Morgan fingerprint density at radius 3 is 2.35 bits per heavy atom. The lowest BCUT2D eigenvalue weighted by Crippen LogP contribution is -2.41. The van der Waals surface area contributed by atoms with Crippen LogP contribution < -0.4 is 11.1 Å². The number of nitrogens with one attached hydrogen (secondary N) is 1. The molecule has 0 saturated carbocycles. The first kappa shape index (κ1) is 16.5. The summed E-state index contributed by atoms with van der Waals surface area (Å²) in [5, 5.41) is 3.02. The quantitative estimate of drug-likeness (QED) is 0.748. The van der Waals surface area contributed by atoms with Gasteiger partial charge in [0.15, 0.2) is 0 Å². The Labute approximate surface area is 122 Å². The molecule has 0 aliphatic heterocycles. The molecule has 0 heterocycles. The summed E-state index contributed by atoms with van der Waals surface area (Å²) in [6, 6.07) is 7.82. The molecule has 0 aliphatic carbocycles. The second-order valence-corrected chi connectivity index (χ2v) is 5.97. The molecule has 0 aromatic heterocycles. The van der Waals surface area contributed by atoms with Crippen LogP contribution in [0.2, 0.25) is 0 Å². The van der Waals surface area contributed by atoms with Gasteiger partial charge in [-0.25, -0.2) is 0 Å². The van der Waals surface area contributed by atoms with E-state index >= 15 is 0 Å². The summed E-state index contributed by atoms with van der Waals surface area (Å²) >= 11 is 0. The fraction of sp³-hybridized carbons (Fsp3) is 0.562. The van der Waals surface area contributed by atoms with Crippen molar-refractivity contribution in [3.63, 3.8) is 0 Å². The minimum atomic E-state index is 0.0605. The number of rotatable bonds is 7. The maximum Gasteiger partial charge on any atom is 0.224 e. The highest BCUT2D eigenvalue weighted by molar-refractivity contribution is 5.78. The number of hydrogen-bond donors (Lipinski definition) is 2. The Hall–Kier alpha value is -1.55. The Bertz CT molecular complexity index is 412. The van der Waals surface area contributed by atoms with Crippen LogP contribution in [0.15, 0.2) is 24.3 Å². The van der Waals surface area contributed by atoms with Gasteiger partial charge in [0.2, 0.25) is 5.91 Å². The molecule has 20 heavy (non-hydrogen) atoms.